The third-order valence-corrected chi connectivity index (χ3v) is 10.3. The van der Waals surface area contributed by atoms with Gasteiger partial charge in [-0.05, 0) is 48.7 Å². The number of esters is 1. The van der Waals surface area contributed by atoms with Crippen LogP contribution in [0.25, 0.3) is 0 Å². The van der Waals surface area contributed by atoms with Crippen molar-refractivity contribution >= 4 is 20.4 Å². The molecule has 0 bridgehead atoms. The van der Waals surface area contributed by atoms with Gasteiger partial charge in [0.2, 0.25) is 0 Å². The predicted molar refractivity (Wildman–Crippen MR) is 107 cm³/mol. The molecule has 1 aromatic carbocycles. The van der Waals surface area contributed by atoms with Crippen LogP contribution in [-0.4, -0.2) is 50.1 Å². The van der Waals surface area contributed by atoms with E-state index in [1.54, 1.807) is 12.1 Å². The van der Waals surface area contributed by atoms with E-state index in [9.17, 15) is 14.7 Å². The van der Waals surface area contributed by atoms with E-state index in [0.29, 0.717) is 24.9 Å². The molecule has 1 saturated heterocycles. The summed E-state index contributed by atoms with van der Waals surface area (Å²) in [6.45, 7) is 11.5. The number of ether oxygens (including phenoxy) is 1. The van der Waals surface area contributed by atoms with E-state index in [4.69, 9.17) is 9.16 Å². The maximum atomic E-state index is 11.7. The number of rotatable bonds is 4. The molecule has 0 spiro atoms. The Morgan fingerprint density at radius 3 is 2.26 bits per heavy atom. The van der Waals surface area contributed by atoms with Gasteiger partial charge in [0.25, 0.3) is 0 Å². The summed E-state index contributed by atoms with van der Waals surface area (Å²) in [5.41, 5.74) is 1.32. The first kappa shape index (κ1) is 21.4. The summed E-state index contributed by atoms with van der Waals surface area (Å²) < 4.78 is 11.3. The minimum absolute atomic E-state index is 0.0341. The molecule has 150 valence electrons. The van der Waals surface area contributed by atoms with E-state index in [0.717, 1.165) is 5.56 Å². The third kappa shape index (κ3) is 4.90. The largest absolute Gasteiger partial charge is 0.465 e. The lowest BCUT2D eigenvalue weighted by Gasteiger charge is -2.44. The molecule has 1 aliphatic heterocycles. The van der Waals surface area contributed by atoms with Crippen LogP contribution in [0.4, 0.5) is 4.79 Å². The Labute approximate surface area is 162 Å². The number of hydrogen-bond acceptors (Lipinski definition) is 4. The zero-order valence-electron chi connectivity index (χ0n) is 17.1. The summed E-state index contributed by atoms with van der Waals surface area (Å²) >= 11 is 0. The van der Waals surface area contributed by atoms with Gasteiger partial charge in [0.1, 0.15) is 0 Å². The Kier molecular flexibility index (Phi) is 6.37. The Hall–Kier alpha value is -1.86. The Morgan fingerprint density at radius 1 is 1.19 bits per heavy atom. The Balaban J connectivity index is 2.22. The molecule has 2 rings (SSSR count). The lowest BCUT2D eigenvalue weighted by atomic mass is 9.93. The van der Waals surface area contributed by atoms with Gasteiger partial charge in [-0.15, -0.1) is 0 Å². The number of piperidine rings is 1. The highest BCUT2D eigenvalue weighted by molar-refractivity contribution is 6.74. The topological polar surface area (TPSA) is 76.1 Å². The number of hydrogen-bond donors (Lipinski definition) is 1. The van der Waals surface area contributed by atoms with Crippen LogP contribution in [0.15, 0.2) is 24.3 Å². The molecule has 1 unspecified atom stereocenters. The van der Waals surface area contributed by atoms with Gasteiger partial charge in [0, 0.05) is 12.6 Å². The predicted octanol–water partition coefficient (Wildman–Crippen LogP) is 4.68. The highest BCUT2D eigenvalue weighted by Crippen LogP contribution is 2.40. The number of benzene rings is 1. The summed E-state index contributed by atoms with van der Waals surface area (Å²) in [6.07, 6.45) is 0.431. The Morgan fingerprint density at radius 2 is 1.78 bits per heavy atom. The second kappa shape index (κ2) is 8.02. The molecular formula is C20H31NO5Si. The first-order chi connectivity index (χ1) is 12.5. The van der Waals surface area contributed by atoms with Crippen LogP contribution < -0.4 is 0 Å². The van der Waals surface area contributed by atoms with E-state index < -0.39 is 20.4 Å². The first-order valence-electron chi connectivity index (χ1n) is 9.32. The quantitative estimate of drug-likeness (QED) is 0.594. The van der Waals surface area contributed by atoms with Crippen molar-refractivity contribution < 1.29 is 23.9 Å². The lowest BCUT2D eigenvalue weighted by Crippen LogP contribution is -2.49. The molecule has 0 aromatic heterocycles. The standard InChI is InChI=1S/C20H31NO5Si/c1-20(2,3)27(5,6)26-16-11-12-21(19(23)24)17(13-16)14-7-9-15(10-8-14)18(22)25-4/h7-10,16-17H,11-13H2,1-6H3,(H,23,24)/t16-,17?/m0/s1. The van der Waals surface area contributed by atoms with Gasteiger partial charge in [-0.1, -0.05) is 32.9 Å². The lowest BCUT2D eigenvalue weighted by molar-refractivity contribution is 0.0475. The van der Waals surface area contributed by atoms with Gasteiger partial charge in [0.05, 0.1) is 18.7 Å². The molecule has 1 N–H and O–H groups in total. The summed E-state index contributed by atoms with van der Waals surface area (Å²) in [4.78, 5) is 24.8. The fourth-order valence-electron chi connectivity index (χ4n) is 3.14. The van der Waals surface area contributed by atoms with Crippen molar-refractivity contribution in [2.75, 3.05) is 13.7 Å². The van der Waals surface area contributed by atoms with Crippen LogP contribution in [0.5, 0.6) is 0 Å². The molecule has 1 amide bonds. The minimum Gasteiger partial charge on any atom is -0.465 e. The van der Waals surface area contributed by atoms with Gasteiger partial charge in [-0.3, -0.25) is 0 Å². The number of nitrogens with zero attached hydrogens (tertiary/aromatic N) is 1. The summed E-state index contributed by atoms with van der Waals surface area (Å²) in [5, 5.41) is 9.72. The number of amides is 1. The Bertz CT molecular complexity index is 681. The normalized spacial score (nSPS) is 21.0. The van der Waals surface area contributed by atoms with Crippen LogP contribution in [0.1, 0.15) is 55.6 Å². The number of carboxylic acid groups (broad SMARTS) is 1. The summed E-state index contributed by atoms with van der Waals surface area (Å²) in [5.74, 6) is -0.403. The molecule has 1 aliphatic rings. The average molecular weight is 394 g/mol. The maximum absolute atomic E-state index is 11.7. The number of carbonyl (C=O) groups excluding carboxylic acids is 1. The highest BCUT2D eigenvalue weighted by Gasteiger charge is 2.42. The molecule has 0 radical (unpaired) electrons. The van der Waals surface area contributed by atoms with Gasteiger partial charge in [-0.25, -0.2) is 9.59 Å². The van der Waals surface area contributed by atoms with E-state index >= 15 is 0 Å². The zero-order valence-corrected chi connectivity index (χ0v) is 18.1. The van der Waals surface area contributed by atoms with Crippen molar-refractivity contribution in [2.45, 2.75) is 63.9 Å². The molecule has 0 saturated carbocycles. The fraction of sp³-hybridized carbons (Fsp3) is 0.600. The van der Waals surface area contributed by atoms with Crippen molar-refractivity contribution in [1.29, 1.82) is 0 Å². The van der Waals surface area contributed by atoms with Crippen molar-refractivity contribution in [2.24, 2.45) is 0 Å². The smallest absolute Gasteiger partial charge is 0.407 e. The van der Waals surface area contributed by atoms with Crippen molar-refractivity contribution in [1.82, 2.24) is 4.90 Å². The van der Waals surface area contributed by atoms with Gasteiger partial charge < -0.3 is 19.2 Å². The average Bonchev–Trinajstić information content (AvgIpc) is 2.59. The van der Waals surface area contributed by atoms with Crippen LogP contribution in [-0.2, 0) is 9.16 Å². The van der Waals surface area contributed by atoms with Crippen LogP contribution >= 0.6 is 0 Å². The van der Waals surface area contributed by atoms with Gasteiger partial charge in [0.15, 0.2) is 8.32 Å². The van der Waals surface area contributed by atoms with E-state index in [-0.39, 0.29) is 17.2 Å². The molecule has 2 atom stereocenters. The minimum atomic E-state index is -1.93. The van der Waals surface area contributed by atoms with Gasteiger partial charge >= 0.3 is 12.1 Å². The molecule has 0 aliphatic carbocycles. The third-order valence-electron chi connectivity index (χ3n) is 5.78. The molecule has 6 nitrogen and oxygen atoms in total. The number of methoxy groups -OCH3 is 1. The molecular weight excluding hydrogens is 362 g/mol. The maximum Gasteiger partial charge on any atom is 0.407 e. The fourth-order valence-corrected chi connectivity index (χ4v) is 4.54. The second-order valence-electron chi connectivity index (χ2n) is 8.63. The van der Waals surface area contributed by atoms with Crippen LogP contribution in [0.3, 0.4) is 0 Å². The van der Waals surface area contributed by atoms with Gasteiger partial charge in [-0.2, -0.15) is 0 Å². The van der Waals surface area contributed by atoms with Crippen molar-refractivity contribution in [3.63, 3.8) is 0 Å². The molecule has 1 heterocycles. The number of likely N-dealkylation sites (tertiary alicyclic amines) is 1. The SMILES string of the molecule is COC(=O)c1ccc(C2C[C@@H](O[Si](C)(C)C(C)(C)C)CCN2C(=O)O)cc1. The molecule has 1 aromatic rings. The second-order valence-corrected chi connectivity index (χ2v) is 13.4. The molecule has 7 heteroatoms. The highest BCUT2D eigenvalue weighted by atomic mass is 28.4. The van der Waals surface area contributed by atoms with Crippen LogP contribution in [0.2, 0.25) is 18.1 Å². The van der Waals surface area contributed by atoms with E-state index in [1.807, 2.05) is 12.1 Å². The molecule has 1 fully saturated rings. The van der Waals surface area contributed by atoms with Crippen molar-refractivity contribution in [3.05, 3.63) is 35.4 Å². The summed E-state index contributed by atoms with van der Waals surface area (Å²) in [6, 6.07) is 6.69. The van der Waals surface area contributed by atoms with Crippen molar-refractivity contribution in [3.8, 4) is 0 Å². The van der Waals surface area contributed by atoms with Crippen LogP contribution in [0, 0.1) is 0 Å². The van der Waals surface area contributed by atoms with E-state index in [1.165, 1.54) is 12.0 Å². The molecule has 27 heavy (non-hydrogen) atoms. The number of carbonyl (C=O) groups is 2. The van der Waals surface area contributed by atoms with E-state index in [2.05, 4.69) is 33.9 Å². The summed E-state index contributed by atoms with van der Waals surface area (Å²) in [7, 11) is -0.588. The first-order valence-corrected chi connectivity index (χ1v) is 12.2. The monoisotopic (exact) mass is 393 g/mol. The zero-order chi connectivity index (χ0) is 20.4.